The lowest BCUT2D eigenvalue weighted by Crippen LogP contribution is -2.18. The molecular weight excluding hydrogens is 316 g/mol. The zero-order valence-electron chi connectivity index (χ0n) is 10.3. The van der Waals surface area contributed by atoms with E-state index in [1.807, 2.05) is 17.8 Å². The van der Waals surface area contributed by atoms with E-state index < -0.39 is 0 Å². The fraction of sp³-hybridized carbons (Fsp3) is 0.455. The van der Waals surface area contributed by atoms with Crippen LogP contribution in [0.1, 0.15) is 21.6 Å². The summed E-state index contributed by atoms with van der Waals surface area (Å²) in [5.41, 5.74) is 7.24. The Morgan fingerprint density at radius 3 is 2.94 bits per heavy atom. The monoisotopic (exact) mass is 330 g/mol. The van der Waals surface area contributed by atoms with Crippen LogP contribution in [0.5, 0.6) is 0 Å². The number of rotatable bonds is 5. The fourth-order valence-corrected chi connectivity index (χ4v) is 3.03. The molecule has 2 N–H and O–H groups in total. The molecule has 0 aliphatic rings. The van der Waals surface area contributed by atoms with Gasteiger partial charge in [0, 0.05) is 18.2 Å². The van der Waals surface area contributed by atoms with Gasteiger partial charge in [-0.1, -0.05) is 0 Å². The van der Waals surface area contributed by atoms with Crippen molar-refractivity contribution in [2.45, 2.75) is 19.5 Å². The first kappa shape index (κ1) is 13.7. The summed E-state index contributed by atoms with van der Waals surface area (Å²) >= 11 is 5.10. The van der Waals surface area contributed by atoms with Crippen LogP contribution in [0.2, 0.25) is 0 Å². The molecule has 0 saturated heterocycles. The van der Waals surface area contributed by atoms with Crippen molar-refractivity contribution in [1.29, 1.82) is 0 Å². The molecule has 1 atom stereocenters. The number of nitrogens with zero attached hydrogens (tertiary/aromatic N) is 3. The second-order valence-electron chi connectivity index (χ2n) is 3.85. The van der Waals surface area contributed by atoms with Gasteiger partial charge in [-0.25, -0.2) is 4.98 Å². The van der Waals surface area contributed by atoms with Gasteiger partial charge in [-0.2, -0.15) is 5.10 Å². The summed E-state index contributed by atoms with van der Waals surface area (Å²) in [6.07, 6.45) is 3.59. The Morgan fingerprint density at radius 1 is 1.56 bits per heavy atom. The highest BCUT2D eigenvalue weighted by Crippen LogP contribution is 2.29. The van der Waals surface area contributed by atoms with E-state index in [9.17, 15) is 0 Å². The Bertz CT molecular complexity index is 525. The molecule has 0 bridgehead atoms. The van der Waals surface area contributed by atoms with E-state index in [2.05, 4.69) is 26.0 Å². The average molecular weight is 331 g/mol. The van der Waals surface area contributed by atoms with Gasteiger partial charge in [0.1, 0.15) is 0 Å². The quantitative estimate of drug-likeness (QED) is 0.911. The topological polar surface area (TPSA) is 66.0 Å². The number of ether oxygens (including phenoxy) is 1. The second kappa shape index (κ2) is 5.92. The molecule has 7 heteroatoms. The molecule has 0 aromatic carbocycles. The molecule has 98 valence electrons. The number of aromatic nitrogens is 3. The van der Waals surface area contributed by atoms with Gasteiger partial charge in [-0.05, 0) is 22.9 Å². The lowest BCUT2D eigenvalue weighted by atomic mass is 10.2. The van der Waals surface area contributed by atoms with E-state index in [1.54, 1.807) is 24.6 Å². The maximum atomic E-state index is 6.29. The number of aryl methyl sites for hydroxylation is 1. The third kappa shape index (κ3) is 2.80. The van der Waals surface area contributed by atoms with Crippen LogP contribution in [0, 0.1) is 6.92 Å². The normalized spacial score (nSPS) is 12.9. The van der Waals surface area contributed by atoms with Gasteiger partial charge in [-0.15, -0.1) is 11.3 Å². The van der Waals surface area contributed by atoms with Crippen LogP contribution < -0.4 is 5.73 Å². The predicted molar refractivity (Wildman–Crippen MR) is 74.7 cm³/mol. The fourth-order valence-electron chi connectivity index (χ4n) is 1.69. The number of methoxy groups -OCH3 is 1. The summed E-state index contributed by atoms with van der Waals surface area (Å²) < 4.78 is 7.86. The van der Waals surface area contributed by atoms with Crippen molar-refractivity contribution < 1.29 is 4.74 Å². The summed E-state index contributed by atoms with van der Waals surface area (Å²) in [7, 11) is 1.67. The molecule has 0 radical (unpaired) electrons. The van der Waals surface area contributed by atoms with Crippen LogP contribution in [-0.2, 0) is 11.3 Å². The Morgan fingerprint density at radius 2 is 2.33 bits per heavy atom. The second-order valence-corrected chi connectivity index (χ2v) is 5.97. The largest absolute Gasteiger partial charge is 0.383 e. The van der Waals surface area contributed by atoms with Crippen LogP contribution in [-0.4, -0.2) is 28.5 Å². The highest BCUT2D eigenvalue weighted by molar-refractivity contribution is 9.10. The summed E-state index contributed by atoms with van der Waals surface area (Å²) in [6.45, 7) is 3.26. The third-order valence-electron chi connectivity index (χ3n) is 2.58. The van der Waals surface area contributed by atoms with Gasteiger partial charge < -0.3 is 10.5 Å². The Balaban J connectivity index is 2.28. The van der Waals surface area contributed by atoms with E-state index in [1.165, 1.54) is 0 Å². The standard InChI is InChI=1S/C11H15BrN4OS/c1-7-14-6-9(18-7)10(13)11-8(12)5-15-16(11)3-4-17-2/h5-6,10H,3-4,13H2,1-2H3. The van der Waals surface area contributed by atoms with Crippen LogP contribution in [0.4, 0.5) is 0 Å². The van der Waals surface area contributed by atoms with E-state index in [0.29, 0.717) is 13.2 Å². The molecule has 2 aromatic rings. The molecule has 0 aliphatic heterocycles. The van der Waals surface area contributed by atoms with Crippen LogP contribution >= 0.6 is 27.3 Å². The Hall–Kier alpha value is -0.760. The number of halogens is 1. The molecule has 5 nitrogen and oxygen atoms in total. The molecule has 2 rings (SSSR count). The van der Waals surface area contributed by atoms with Crippen LogP contribution in [0.15, 0.2) is 16.9 Å². The van der Waals surface area contributed by atoms with Crippen LogP contribution in [0.25, 0.3) is 0 Å². The minimum atomic E-state index is -0.218. The van der Waals surface area contributed by atoms with Crippen molar-refractivity contribution in [1.82, 2.24) is 14.8 Å². The Labute approximate surface area is 118 Å². The first-order valence-electron chi connectivity index (χ1n) is 5.51. The molecular formula is C11H15BrN4OS. The molecule has 0 saturated carbocycles. The lowest BCUT2D eigenvalue weighted by molar-refractivity contribution is 0.182. The van der Waals surface area contributed by atoms with Crippen molar-refractivity contribution in [2.75, 3.05) is 13.7 Å². The molecule has 18 heavy (non-hydrogen) atoms. The van der Waals surface area contributed by atoms with Crippen molar-refractivity contribution in [3.8, 4) is 0 Å². The molecule has 1 unspecified atom stereocenters. The molecule has 0 aliphatic carbocycles. The first-order chi connectivity index (χ1) is 8.63. The van der Waals surface area contributed by atoms with Gasteiger partial charge in [0.05, 0.1) is 40.6 Å². The number of hydrogen-bond acceptors (Lipinski definition) is 5. The van der Waals surface area contributed by atoms with Gasteiger partial charge >= 0.3 is 0 Å². The minimum absolute atomic E-state index is 0.218. The number of thiazole rings is 1. The van der Waals surface area contributed by atoms with Gasteiger partial charge in [0.2, 0.25) is 0 Å². The molecule has 0 fully saturated rings. The third-order valence-corrected chi connectivity index (χ3v) is 4.19. The van der Waals surface area contributed by atoms with E-state index >= 15 is 0 Å². The lowest BCUT2D eigenvalue weighted by Gasteiger charge is -2.13. The highest BCUT2D eigenvalue weighted by Gasteiger charge is 2.19. The summed E-state index contributed by atoms with van der Waals surface area (Å²) in [6, 6.07) is -0.218. The van der Waals surface area contributed by atoms with Crippen molar-refractivity contribution >= 4 is 27.3 Å². The average Bonchev–Trinajstić information content (AvgIpc) is 2.92. The van der Waals surface area contributed by atoms with Gasteiger partial charge in [0.25, 0.3) is 0 Å². The van der Waals surface area contributed by atoms with Crippen LogP contribution in [0.3, 0.4) is 0 Å². The SMILES string of the molecule is COCCn1ncc(Br)c1C(N)c1cnc(C)s1. The maximum Gasteiger partial charge on any atom is 0.0897 e. The molecule has 0 spiro atoms. The van der Waals surface area contributed by atoms with Gasteiger partial charge in [0.15, 0.2) is 0 Å². The van der Waals surface area contributed by atoms with E-state index in [-0.39, 0.29) is 6.04 Å². The van der Waals surface area contributed by atoms with Gasteiger partial charge in [-0.3, -0.25) is 4.68 Å². The smallest absolute Gasteiger partial charge is 0.0897 e. The summed E-state index contributed by atoms with van der Waals surface area (Å²) in [4.78, 5) is 5.27. The minimum Gasteiger partial charge on any atom is -0.383 e. The zero-order chi connectivity index (χ0) is 13.1. The van der Waals surface area contributed by atoms with Crippen molar-refractivity contribution in [3.05, 3.63) is 32.4 Å². The maximum absolute atomic E-state index is 6.29. The zero-order valence-corrected chi connectivity index (χ0v) is 12.7. The predicted octanol–water partition coefficient (Wildman–Crippen LogP) is 2.11. The molecule has 2 heterocycles. The van der Waals surface area contributed by atoms with Crippen molar-refractivity contribution in [2.24, 2.45) is 5.73 Å². The molecule has 2 aromatic heterocycles. The van der Waals surface area contributed by atoms with E-state index in [0.717, 1.165) is 20.1 Å². The van der Waals surface area contributed by atoms with E-state index in [4.69, 9.17) is 10.5 Å². The summed E-state index contributed by atoms with van der Waals surface area (Å²) in [5.74, 6) is 0. The van der Waals surface area contributed by atoms with Crippen molar-refractivity contribution in [3.63, 3.8) is 0 Å². The highest BCUT2D eigenvalue weighted by atomic mass is 79.9. The molecule has 0 amide bonds. The summed E-state index contributed by atoms with van der Waals surface area (Å²) in [5, 5.41) is 5.31. The number of nitrogens with two attached hydrogens (primary N) is 1. The first-order valence-corrected chi connectivity index (χ1v) is 7.12. The number of hydrogen-bond donors (Lipinski definition) is 1. The Kier molecular flexibility index (Phi) is 4.50.